The lowest BCUT2D eigenvalue weighted by molar-refractivity contribution is -0.158. The summed E-state index contributed by atoms with van der Waals surface area (Å²) in [4.78, 5) is 35.3. The third-order valence-electron chi connectivity index (χ3n) is 2.78. The van der Waals surface area contributed by atoms with E-state index in [4.69, 9.17) is 15.6 Å². The Morgan fingerprint density at radius 2 is 2.22 bits per heavy atom. The minimum atomic E-state index is -1.16. The van der Waals surface area contributed by atoms with Crippen LogP contribution in [0.1, 0.15) is 6.92 Å². The normalized spacial score (nSPS) is 25.9. The van der Waals surface area contributed by atoms with Gasteiger partial charge in [-0.2, -0.15) is 0 Å². The summed E-state index contributed by atoms with van der Waals surface area (Å²) in [5, 5.41) is 8.73. The number of fused-ring (bicyclic) bond motifs is 1. The van der Waals surface area contributed by atoms with Gasteiger partial charge in [0.15, 0.2) is 0 Å². The van der Waals surface area contributed by atoms with Crippen molar-refractivity contribution in [1.29, 1.82) is 0 Å². The van der Waals surface area contributed by atoms with Gasteiger partial charge in [-0.05, 0) is 0 Å². The van der Waals surface area contributed by atoms with Gasteiger partial charge in [0.05, 0.1) is 0 Å². The van der Waals surface area contributed by atoms with E-state index < -0.39 is 17.9 Å². The molecule has 0 bridgehead atoms. The van der Waals surface area contributed by atoms with Crippen molar-refractivity contribution in [3.05, 3.63) is 10.6 Å². The molecule has 18 heavy (non-hydrogen) atoms. The number of ether oxygens (including phenoxy) is 1. The highest BCUT2D eigenvalue weighted by Crippen LogP contribution is 2.48. The Morgan fingerprint density at radius 1 is 1.56 bits per heavy atom. The lowest BCUT2D eigenvalue weighted by Crippen LogP contribution is -2.58. The van der Waals surface area contributed by atoms with E-state index >= 15 is 0 Å². The first-order valence-electron chi connectivity index (χ1n) is 5.27. The largest absolute Gasteiger partial charge is 0.477 e. The van der Waals surface area contributed by atoms with Gasteiger partial charge in [0.2, 0.25) is 5.91 Å². The van der Waals surface area contributed by atoms with Crippen molar-refractivity contribution in [2.45, 2.75) is 12.3 Å². The number of rotatable bonds is 4. The fourth-order valence-electron chi connectivity index (χ4n) is 1.96. The number of nitrogens with two attached hydrogens (primary N) is 1. The van der Waals surface area contributed by atoms with Crippen molar-refractivity contribution in [2.24, 2.45) is 11.7 Å². The summed E-state index contributed by atoms with van der Waals surface area (Å²) in [6.45, 7) is 1.31. The Hall–Kier alpha value is -1.54. The van der Waals surface area contributed by atoms with Crippen LogP contribution in [0.15, 0.2) is 10.6 Å². The van der Waals surface area contributed by atoms with Gasteiger partial charge < -0.3 is 15.6 Å². The number of hydrogen-bond acceptors (Lipinski definition) is 6. The SMILES string of the molecule is CC(=O)OC[C@@H]1C(=O)N2C(C(=O)O)=C(CN)S[C@H]12. The number of aliphatic carboxylic acids is 1. The standard InChI is InChI=1S/C10H12N2O5S/c1-4(13)17-3-5-8(14)12-7(10(15)16)6(2-11)18-9(5)12/h5,9H,2-3,11H2,1H3,(H,15,16)/t5-,9-/m1/s1. The van der Waals surface area contributed by atoms with Gasteiger partial charge in [-0.3, -0.25) is 14.5 Å². The topological polar surface area (TPSA) is 110 Å². The molecule has 1 saturated heterocycles. The molecule has 0 aliphatic carbocycles. The molecule has 2 aliphatic heterocycles. The first kappa shape index (κ1) is 12.9. The summed E-state index contributed by atoms with van der Waals surface area (Å²) in [5.74, 6) is -2.45. The summed E-state index contributed by atoms with van der Waals surface area (Å²) in [6, 6.07) is 0. The molecule has 0 aromatic heterocycles. The van der Waals surface area contributed by atoms with Crippen molar-refractivity contribution in [1.82, 2.24) is 4.90 Å². The number of carboxylic acid groups (broad SMARTS) is 1. The molecule has 0 radical (unpaired) electrons. The van der Waals surface area contributed by atoms with Crippen LogP contribution in [0.2, 0.25) is 0 Å². The predicted octanol–water partition coefficient (Wildman–Crippen LogP) is -0.664. The van der Waals surface area contributed by atoms with Crippen LogP contribution in [0.5, 0.6) is 0 Å². The van der Waals surface area contributed by atoms with E-state index in [1.807, 2.05) is 0 Å². The maximum Gasteiger partial charge on any atom is 0.353 e. The van der Waals surface area contributed by atoms with E-state index in [-0.39, 0.29) is 30.1 Å². The quantitative estimate of drug-likeness (QED) is 0.516. The summed E-state index contributed by atoms with van der Waals surface area (Å²) < 4.78 is 4.79. The highest BCUT2D eigenvalue weighted by atomic mass is 32.2. The van der Waals surface area contributed by atoms with Gasteiger partial charge in [-0.1, -0.05) is 0 Å². The molecule has 7 nitrogen and oxygen atoms in total. The van der Waals surface area contributed by atoms with Crippen molar-refractivity contribution in [2.75, 3.05) is 13.2 Å². The molecule has 1 amide bonds. The van der Waals surface area contributed by atoms with Crippen LogP contribution in [-0.4, -0.2) is 46.4 Å². The fourth-order valence-corrected chi connectivity index (χ4v) is 3.32. The number of β-lactam (4-membered cyclic amide) rings is 1. The first-order valence-corrected chi connectivity index (χ1v) is 6.15. The van der Waals surface area contributed by atoms with E-state index in [0.29, 0.717) is 4.91 Å². The Kier molecular flexibility index (Phi) is 3.31. The number of esters is 1. The number of amides is 1. The number of carbonyl (C=O) groups is 3. The highest BCUT2D eigenvalue weighted by molar-refractivity contribution is 8.04. The van der Waals surface area contributed by atoms with Crippen molar-refractivity contribution >= 4 is 29.6 Å². The van der Waals surface area contributed by atoms with Gasteiger partial charge in [-0.15, -0.1) is 11.8 Å². The van der Waals surface area contributed by atoms with Crippen LogP contribution in [0.3, 0.4) is 0 Å². The van der Waals surface area contributed by atoms with Crippen LogP contribution in [0.4, 0.5) is 0 Å². The maximum absolute atomic E-state index is 11.8. The molecule has 2 atom stereocenters. The van der Waals surface area contributed by atoms with Crippen molar-refractivity contribution in [3.63, 3.8) is 0 Å². The molecule has 2 heterocycles. The zero-order chi connectivity index (χ0) is 13.4. The van der Waals surface area contributed by atoms with Crippen LogP contribution in [-0.2, 0) is 19.1 Å². The Balaban J connectivity index is 2.11. The van der Waals surface area contributed by atoms with Crippen LogP contribution in [0, 0.1) is 5.92 Å². The van der Waals surface area contributed by atoms with E-state index in [0.717, 1.165) is 0 Å². The molecule has 1 fully saturated rings. The minimum Gasteiger partial charge on any atom is -0.477 e. The number of carbonyl (C=O) groups excluding carboxylic acids is 2. The summed E-state index contributed by atoms with van der Waals surface area (Å²) in [6.07, 6.45) is 0. The lowest BCUT2D eigenvalue weighted by Gasteiger charge is -2.41. The van der Waals surface area contributed by atoms with Gasteiger partial charge >= 0.3 is 11.9 Å². The van der Waals surface area contributed by atoms with Crippen LogP contribution >= 0.6 is 11.8 Å². The molecule has 0 unspecified atom stereocenters. The molecular formula is C10H12N2O5S. The van der Waals surface area contributed by atoms with Gasteiger partial charge in [0, 0.05) is 18.4 Å². The zero-order valence-corrected chi connectivity index (χ0v) is 10.4. The third kappa shape index (κ3) is 1.87. The molecular weight excluding hydrogens is 260 g/mol. The smallest absolute Gasteiger partial charge is 0.353 e. The molecule has 8 heteroatoms. The monoisotopic (exact) mass is 272 g/mol. The first-order chi connectivity index (χ1) is 8.47. The molecule has 0 spiro atoms. The van der Waals surface area contributed by atoms with Crippen molar-refractivity contribution in [3.8, 4) is 0 Å². The van der Waals surface area contributed by atoms with E-state index in [1.54, 1.807) is 0 Å². The Bertz CT molecular complexity index is 461. The van der Waals surface area contributed by atoms with Crippen LogP contribution in [0.25, 0.3) is 0 Å². The second-order valence-corrected chi connectivity index (χ2v) is 5.12. The fraction of sp³-hybridized carbons (Fsp3) is 0.500. The molecule has 0 saturated carbocycles. The number of nitrogens with zero attached hydrogens (tertiary/aromatic N) is 1. The van der Waals surface area contributed by atoms with E-state index in [1.165, 1.54) is 23.6 Å². The molecule has 0 aromatic carbocycles. The summed E-state index contributed by atoms with van der Waals surface area (Å²) in [5.41, 5.74) is 5.42. The average molecular weight is 272 g/mol. The number of thioether (sulfide) groups is 1. The second kappa shape index (κ2) is 4.62. The number of carboxylic acids is 1. The van der Waals surface area contributed by atoms with Crippen molar-refractivity contribution < 1.29 is 24.2 Å². The summed E-state index contributed by atoms with van der Waals surface area (Å²) >= 11 is 1.25. The zero-order valence-electron chi connectivity index (χ0n) is 9.58. The Morgan fingerprint density at radius 3 is 2.72 bits per heavy atom. The third-order valence-corrected chi connectivity index (χ3v) is 4.20. The molecule has 2 aliphatic rings. The average Bonchev–Trinajstić information content (AvgIpc) is 2.64. The molecule has 3 N–H and O–H groups in total. The van der Waals surface area contributed by atoms with E-state index in [2.05, 4.69) is 0 Å². The van der Waals surface area contributed by atoms with Crippen LogP contribution < -0.4 is 5.73 Å². The second-order valence-electron chi connectivity index (χ2n) is 3.91. The number of hydrogen-bond donors (Lipinski definition) is 2. The van der Waals surface area contributed by atoms with E-state index in [9.17, 15) is 14.4 Å². The summed E-state index contributed by atoms with van der Waals surface area (Å²) in [7, 11) is 0. The van der Waals surface area contributed by atoms with Gasteiger partial charge in [0.25, 0.3) is 0 Å². The molecule has 0 aromatic rings. The minimum absolute atomic E-state index is 0.0208. The van der Waals surface area contributed by atoms with Gasteiger partial charge in [-0.25, -0.2) is 4.79 Å². The maximum atomic E-state index is 11.8. The van der Waals surface area contributed by atoms with Gasteiger partial charge in [0.1, 0.15) is 23.6 Å². The molecule has 2 rings (SSSR count). The lowest BCUT2D eigenvalue weighted by atomic mass is 9.98. The Labute approximate surface area is 107 Å². The molecule has 98 valence electrons. The predicted molar refractivity (Wildman–Crippen MR) is 62.1 cm³/mol. The highest BCUT2D eigenvalue weighted by Gasteiger charge is 2.56.